The van der Waals surface area contributed by atoms with E-state index in [0.29, 0.717) is 0 Å². The van der Waals surface area contributed by atoms with Crippen molar-refractivity contribution < 1.29 is 24.9 Å². The topological polar surface area (TPSA) is 144 Å². The summed E-state index contributed by atoms with van der Waals surface area (Å²) in [5.74, 6) is -1.00. The number of ketones is 1. The maximum absolute atomic E-state index is 11.0. The lowest BCUT2D eigenvalue weighted by atomic mass is 9.85. The van der Waals surface area contributed by atoms with Gasteiger partial charge < -0.3 is 10.2 Å². The van der Waals surface area contributed by atoms with Gasteiger partial charge in [0.15, 0.2) is 6.10 Å². The average molecular weight is 220 g/mol. The molecule has 2 N–H and O–H groups in total. The third-order valence-corrected chi connectivity index (χ3v) is 2.28. The van der Waals surface area contributed by atoms with E-state index in [9.17, 15) is 30.1 Å². The van der Waals surface area contributed by atoms with Crippen molar-refractivity contribution in [2.24, 2.45) is 0 Å². The second-order valence-electron chi connectivity index (χ2n) is 3.23. The van der Waals surface area contributed by atoms with Gasteiger partial charge in [0.1, 0.15) is 6.10 Å². The fourth-order valence-electron chi connectivity index (χ4n) is 1.56. The number of nitrogens with zero attached hydrogens (tertiary/aromatic N) is 2. The molecule has 1 aliphatic rings. The maximum atomic E-state index is 11.0. The smallest absolute Gasteiger partial charge is 0.302 e. The predicted octanol–water partition coefficient (Wildman–Crippen LogP) is -2.03. The van der Waals surface area contributed by atoms with Gasteiger partial charge in [-0.05, 0) is 0 Å². The van der Waals surface area contributed by atoms with Crippen LogP contribution in [-0.4, -0.2) is 50.1 Å². The molecule has 4 unspecified atom stereocenters. The largest absolute Gasteiger partial charge is 0.385 e. The first-order chi connectivity index (χ1) is 6.86. The number of hydrogen-bond acceptors (Lipinski definition) is 7. The summed E-state index contributed by atoms with van der Waals surface area (Å²) in [6.07, 6.45) is -4.46. The summed E-state index contributed by atoms with van der Waals surface area (Å²) in [6.45, 7) is 0. The van der Waals surface area contributed by atoms with Gasteiger partial charge in [-0.15, -0.1) is 0 Å². The van der Waals surface area contributed by atoms with E-state index in [2.05, 4.69) is 0 Å². The van der Waals surface area contributed by atoms with Crippen LogP contribution in [0.5, 0.6) is 0 Å². The standard InChI is InChI=1S/C6H8N2O7/c9-2-1-3(10)5(8(14)15)6(11)4(2)7(12)13/h2,4-6,9,11H,1H2. The van der Waals surface area contributed by atoms with Crippen LogP contribution in [0.25, 0.3) is 0 Å². The van der Waals surface area contributed by atoms with Crippen LogP contribution in [0.3, 0.4) is 0 Å². The maximum Gasteiger partial charge on any atom is 0.302 e. The molecule has 15 heavy (non-hydrogen) atoms. The molecular weight excluding hydrogens is 212 g/mol. The van der Waals surface area contributed by atoms with Gasteiger partial charge in [-0.25, -0.2) is 0 Å². The Morgan fingerprint density at radius 3 is 2.13 bits per heavy atom. The molecule has 4 atom stereocenters. The summed E-state index contributed by atoms with van der Waals surface area (Å²) in [6, 6.07) is -3.91. The number of carbonyl (C=O) groups excluding carboxylic acids is 1. The second-order valence-corrected chi connectivity index (χ2v) is 3.23. The van der Waals surface area contributed by atoms with Crippen LogP contribution in [0, 0.1) is 20.2 Å². The zero-order valence-electron chi connectivity index (χ0n) is 7.35. The summed E-state index contributed by atoms with van der Waals surface area (Å²) in [4.78, 5) is 29.7. The average Bonchev–Trinajstić information content (AvgIpc) is 1.99. The lowest BCUT2D eigenvalue weighted by molar-refractivity contribution is -0.581. The Balaban J connectivity index is 2.99. The first-order valence-corrected chi connectivity index (χ1v) is 4.02. The van der Waals surface area contributed by atoms with Gasteiger partial charge in [0.2, 0.25) is 5.78 Å². The lowest BCUT2D eigenvalue weighted by Gasteiger charge is -2.26. The molecule has 0 spiro atoms. The number of nitro groups is 2. The normalized spacial score (nSPS) is 36.3. The van der Waals surface area contributed by atoms with Crippen molar-refractivity contribution in [2.75, 3.05) is 0 Å². The zero-order chi connectivity index (χ0) is 11.7. The van der Waals surface area contributed by atoms with Crippen molar-refractivity contribution in [1.82, 2.24) is 0 Å². The predicted molar refractivity (Wildman–Crippen MR) is 43.2 cm³/mol. The third-order valence-electron chi connectivity index (χ3n) is 2.28. The number of aliphatic hydroxyl groups excluding tert-OH is 2. The highest BCUT2D eigenvalue weighted by molar-refractivity contribution is 5.85. The summed E-state index contributed by atoms with van der Waals surface area (Å²) < 4.78 is 0. The quantitative estimate of drug-likeness (QED) is 0.403. The molecule has 0 aliphatic heterocycles. The number of rotatable bonds is 2. The van der Waals surface area contributed by atoms with Gasteiger partial charge in [-0.3, -0.25) is 25.0 Å². The molecule has 9 heteroatoms. The van der Waals surface area contributed by atoms with E-state index in [1.54, 1.807) is 0 Å². The number of aliphatic hydroxyl groups is 2. The first-order valence-electron chi connectivity index (χ1n) is 4.02. The van der Waals surface area contributed by atoms with E-state index >= 15 is 0 Å². The van der Waals surface area contributed by atoms with Crippen molar-refractivity contribution in [2.45, 2.75) is 30.7 Å². The van der Waals surface area contributed by atoms with Gasteiger partial charge in [0.25, 0.3) is 6.04 Å². The van der Waals surface area contributed by atoms with E-state index in [1.165, 1.54) is 0 Å². The van der Waals surface area contributed by atoms with Crippen LogP contribution in [0.1, 0.15) is 6.42 Å². The van der Waals surface area contributed by atoms with Crippen molar-refractivity contribution in [1.29, 1.82) is 0 Å². The van der Waals surface area contributed by atoms with Gasteiger partial charge in [-0.2, -0.15) is 0 Å². The minimum atomic E-state index is -2.09. The molecular formula is C6H8N2O7. The Morgan fingerprint density at radius 1 is 1.20 bits per heavy atom. The molecule has 0 aromatic heterocycles. The van der Waals surface area contributed by atoms with Crippen molar-refractivity contribution in [3.63, 3.8) is 0 Å². The molecule has 9 nitrogen and oxygen atoms in total. The van der Waals surface area contributed by atoms with Crippen LogP contribution in [0.4, 0.5) is 0 Å². The Kier molecular flexibility index (Phi) is 2.95. The Hall–Kier alpha value is -1.61. The minimum Gasteiger partial charge on any atom is -0.385 e. The molecule has 1 saturated carbocycles. The molecule has 0 amide bonds. The van der Waals surface area contributed by atoms with E-state index < -0.39 is 46.3 Å². The zero-order valence-corrected chi connectivity index (χ0v) is 7.35. The van der Waals surface area contributed by atoms with Crippen LogP contribution < -0.4 is 0 Å². The summed E-state index contributed by atoms with van der Waals surface area (Å²) in [5, 5.41) is 39.2. The van der Waals surface area contributed by atoms with Crippen molar-refractivity contribution in [3.8, 4) is 0 Å². The fourth-order valence-corrected chi connectivity index (χ4v) is 1.56. The number of hydrogen-bond donors (Lipinski definition) is 2. The second kappa shape index (κ2) is 3.87. The van der Waals surface area contributed by atoms with Crippen LogP contribution >= 0.6 is 0 Å². The highest BCUT2D eigenvalue weighted by atomic mass is 16.6. The Morgan fingerprint density at radius 2 is 1.73 bits per heavy atom. The first kappa shape index (κ1) is 11.5. The van der Waals surface area contributed by atoms with Gasteiger partial charge in [-0.1, -0.05) is 0 Å². The molecule has 84 valence electrons. The van der Waals surface area contributed by atoms with Gasteiger partial charge in [0, 0.05) is 16.3 Å². The summed E-state index contributed by atoms with van der Waals surface area (Å²) in [5.41, 5.74) is 0. The van der Waals surface area contributed by atoms with E-state index in [-0.39, 0.29) is 0 Å². The molecule has 0 bridgehead atoms. The lowest BCUT2D eigenvalue weighted by Crippen LogP contribution is -2.59. The Labute approximate surface area is 82.6 Å². The molecule has 0 aromatic rings. The number of Topliss-reactive ketones (excluding diaryl/α,β-unsaturated/α-hetero) is 1. The highest BCUT2D eigenvalue weighted by Crippen LogP contribution is 2.21. The Bertz CT molecular complexity index is 317. The molecule has 0 saturated heterocycles. The van der Waals surface area contributed by atoms with Crippen LogP contribution in [0.2, 0.25) is 0 Å². The fraction of sp³-hybridized carbons (Fsp3) is 0.833. The minimum absolute atomic E-state index is 0.686. The van der Waals surface area contributed by atoms with Crippen molar-refractivity contribution in [3.05, 3.63) is 20.2 Å². The van der Waals surface area contributed by atoms with Crippen LogP contribution in [0.15, 0.2) is 0 Å². The molecule has 1 aliphatic carbocycles. The molecule has 1 rings (SSSR count). The third kappa shape index (κ3) is 1.92. The summed E-state index contributed by atoms with van der Waals surface area (Å²) in [7, 11) is 0. The highest BCUT2D eigenvalue weighted by Gasteiger charge is 2.55. The SMILES string of the molecule is O=C1CC(O)C([N+](=O)[O-])C(O)C1[N+](=O)[O-]. The van der Waals surface area contributed by atoms with E-state index in [4.69, 9.17) is 5.11 Å². The van der Waals surface area contributed by atoms with Crippen molar-refractivity contribution >= 4 is 5.78 Å². The van der Waals surface area contributed by atoms with Crippen LogP contribution in [-0.2, 0) is 4.79 Å². The monoisotopic (exact) mass is 220 g/mol. The molecule has 0 aromatic carbocycles. The molecule has 0 heterocycles. The number of carbonyl (C=O) groups is 1. The summed E-state index contributed by atoms with van der Waals surface area (Å²) >= 11 is 0. The van der Waals surface area contributed by atoms with E-state index in [1.807, 2.05) is 0 Å². The van der Waals surface area contributed by atoms with E-state index in [0.717, 1.165) is 0 Å². The molecule has 0 radical (unpaired) electrons. The van der Waals surface area contributed by atoms with Gasteiger partial charge in [0.05, 0.1) is 0 Å². The molecule has 1 fully saturated rings. The van der Waals surface area contributed by atoms with Gasteiger partial charge >= 0.3 is 6.04 Å².